The third-order valence-electron chi connectivity index (χ3n) is 0.464. The summed E-state index contributed by atoms with van der Waals surface area (Å²) in [6, 6.07) is 0. The van der Waals surface area contributed by atoms with E-state index in [0.717, 1.165) is 6.42 Å². The minimum Gasteiger partial charge on any atom is -0.481 e. The molecule has 0 fully saturated rings. The number of carboxylic acids is 1. The zero-order valence-corrected chi connectivity index (χ0v) is 9.64. The van der Waals surface area contributed by atoms with Gasteiger partial charge in [-0.15, -0.1) is 0 Å². The van der Waals surface area contributed by atoms with Crippen LogP contribution in [0.5, 0.6) is 0 Å². The van der Waals surface area contributed by atoms with Gasteiger partial charge in [0.15, 0.2) is 0 Å². The molecule has 0 amide bonds. The Morgan fingerprint density at radius 1 is 0.938 bits per heavy atom. The Morgan fingerprint density at radius 2 is 1.12 bits per heavy atom. The fourth-order valence-electron chi connectivity index (χ4n) is 0.214. The van der Waals surface area contributed by atoms with Crippen LogP contribution in [0.3, 0.4) is 0 Å². The van der Waals surface area contributed by atoms with Gasteiger partial charge in [0, 0.05) is 6.42 Å². The lowest BCUT2D eigenvalue weighted by atomic mass is 10.4. The highest BCUT2D eigenvalue weighted by molar-refractivity contribution is 7.80. The van der Waals surface area contributed by atoms with Gasteiger partial charge < -0.3 is 5.11 Å². The molecule has 0 radical (unpaired) electrons. The van der Waals surface area contributed by atoms with Crippen molar-refractivity contribution >= 4 is 26.8 Å². The van der Waals surface area contributed by atoms with Crippen LogP contribution in [-0.4, -0.2) is 46.1 Å². The molecule has 5 N–H and O–H groups in total. The van der Waals surface area contributed by atoms with Crippen LogP contribution in [0.25, 0.3) is 0 Å². The normalized spacial score (nSPS) is 10.3. The molecule has 0 heterocycles. The van der Waals surface area contributed by atoms with Gasteiger partial charge in [-0.25, -0.2) is 0 Å². The van der Waals surface area contributed by atoms with Crippen LogP contribution >= 0.6 is 0 Å². The van der Waals surface area contributed by atoms with Gasteiger partial charge >= 0.3 is 26.8 Å². The quantitative estimate of drug-likeness (QED) is 0.416. The van der Waals surface area contributed by atoms with Gasteiger partial charge in [-0.05, 0) is 6.42 Å². The van der Waals surface area contributed by atoms with E-state index >= 15 is 0 Å². The zero-order chi connectivity index (χ0) is 14.0. The lowest BCUT2D eigenvalue weighted by Crippen LogP contribution is -1.90. The van der Waals surface area contributed by atoms with E-state index in [1.807, 2.05) is 6.92 Å². The second-order valence-corrected chi connectivity index (χ2v) is 3.83. The highest BCUT2D eigenvalue weighted by Gasteiger charge is 1.87. The molecule has 10 nitrogen and oxygen atoms in total. The summed E-state index contributed by atoms with van der Waals surface area (Å²) < 4.78 is 63.2. The zero-order valence-electron chi connectivity index (χ0n) is 8.01. The lowest BCUT2D eigenvalue weighted by molar-refractivity contribution is -0.137. The Kier molecular flexibility index (Phi) is 12.2. The minimum absolute atomic E-state index is 0.292. The van der Waals surface area contributed by atoms with Gasteiger partial charge in [0.25, 0.3) is 0 Å². The first kappa shape index (κ1) is 20.6. The van der Waals surface area contributed by atoms with Gasteiger partial charge in [-0.2, -0.15) is 16.8 Å². The van der Waals surface area contributed by atoms with Crippen molar-refractivity contribution in [2.45, 2.75) is 19.8 Å². The maximum atomic E-state index is 9.60. The van der Waals surface area contributed by atoms with Gasteiger partial charge in [-0.3, -0.25) is 23.0 Å². The molecule has 0 bridgehead atoms. The van der Waals surface area contributed by atoms with Crippen LogP contribution in [0.1, 0.15) is 19.8 Å². The first-order valence-electron chi connectivity index (χ1n) is 3.39. The molecule has 16 heavy (non-hydrogen) atoms. The summed E-state index contributed by atoms with van der Waals surface area (Å²) >= 11 is 0. The predicted molar refractivity (Wildman–Crippen MR) is 50.9 cm³/mol. The summed E-state index contributed by atoms with van der Waals surface area (Å²) in [5.41, 5.74) is 0. The molecule has 0 saturated heterocycles. The summed E-state index contributed by atoms with van der Waals surface area (Å²) in [5.74, 6) is -0.711. The number of carboxylic acid groups (broad SMARTS) is 1. The van der Waals surface area contributed by atoms with Crippen LogP contribution in [0.4, 0.5) is 0 Å². The van der Waals surface area contributed by atoms with E-state index in [-0.39, 0.29) is 0 Å². The topological polar surface area (TPSA) is 186 Å². The molecule has 0 atom stereocenters. The standard InChI is InChI=1S/C4H8O2.2H2O4S/c1-2-3-4(5)6;2*1-5(2,3)4/h2-3H2,1H3,(H,5,6);2*(H2,1,2,3,4). The Balaban J connectivity index is -0.000000160. The Bertz CT molecular complexity index is 318. The number of rotatable bonds is 2. The molecule has 12 heteroatoms. The fourth-order valence-corrected chi connectivity index (χ4v) is 0.214. The summed E-state index contributed by atoms with van der Waals surface area (Å²) in [6.45, 7) is 1.84. The molecule has 0 unspecified atom stereocenters. The van der Waals surface area contributed by atoms with Crippen molar-refractivity contribution in [2.75, 3.05) is 0 Å². The average molecular weight is 284 g/mol. The van der Waals surface area contributed by atoms with Gasteiger partial charge in [0.1, 0.15) is 0 Å². The fraction of sp³-hybridized carbons (Fsp3) is 0.750. The third-order valence-corrected chi connectivity index (χ3v) is 0.464. The largest absolute Gasteiger partial charge is 0.481 e. The molecule has 0 aliphatic carbocycles. The molecule has 0 spiro atoms. The number of hydrogen-bond donors (Lipinski definition) is 5. The Hall–Kier alpha value is -0.790. The average Bonchev–Trinajstić information content (AvgIpc) is 1.76. The maximum absolute atomic E-state index is 9.60. The van der Waals surface area contributed by atoms with Crippen LogP contribution in [0, 0.1) is 0 Å². The van der Waals surface area contributed by atoms with E-state index in [0.29, 0.717) is 6.42 Å². The number of carbonyl (C=O) groups is 1. The molecule has 0 aromatic rings. The smallest absolute Gasteiger partial charge is 0.394 e. The van der Waals surface area contributed by atoms with Crippen molar-refractivity contribution < 1.29 is 44.9 Å². The van der Waals surface area contributed by atoms with Crippen molar-refractivity contribution in [2.24, 2.45) is 0 Å². The van der Waals surface area contributed by atoms with Crippen LogP contribution < -0.4 is 0 Å². The summed E-state index contributed by atoms with van der Waals surface area (Å²) in [5, 5.41) is 7.91. The summed E-state index contributed by atoms with van der Waals surface area (Å²) in [4.78, 5) is 9.60. The molecular weight excluding hydrogens is 272 g/mol. The number of hydrogen-bond acceptors (Lipinski definition) is 5. The van der Waals surface area contributed by atoms with E-state index in [1.165, 1.54) is 0 Å². The highest BCUT2D eigenvalue weighted by Crippen LogP contribution is 1.82. The van der Waals surface area contributed by atoms with Crippen molar-refractivity contribution in [1.82, 2.24) is 0 Å². The van der Waals surface area contributed by atoms with Crippen molar-refractivity contribution in [3.05, 3.63) is 0 Å². The van der Waals surface area contributed by atoms with Crippen LogP contribution in [-0.2, 0) is 25.6 Å². The second kappa shape index (κ2) is 9.44. The van der Waals surface area contributed by atoms with Gasteiger partial charge in [0.05, 0.1) is 0 Å². The van der Waals surface area contributed by atoms with E-state index in [1.54, 1.807) is 0 Å². The van der Waals surface area contributed by atoms with Crippen LogP contribution in [0.15, 0.2) is 0 Å². The first-order chi connectivity index (χ1) is 6.77. The highest BCUT2D eigenvalue weighted by atomic mass is 32.3. The molecule has 0 aliphatic heterocycles. The molecule has 0 aromatic heterocycles. The molecule has 100 valence electrons. The Morgan fingerprint density at radius 3 is 1.12 bits per heavy atom. The second-order valence-electron chi connectivity index (χ2n) is 2.04. The third kappa shape index (κ3) is 403. The molecular formula is C4H12O10S2. The monoisotopic (exact) mass is 284 g/mol. The van der Waals surface area contributed by atoms with Crippen LogP contribution in [0.2, 0.25) is 0 Å². The summed E-state index contributed by atoms with van der Waals surface area (Å²) in [7, 11) is -9.33. The maximum Gasteiger partial charge on any atom is 0.394 e. The lowest BCUT2D eigenvalue weighted by Gasteiger charge is -1.79. The van der Waals surface area contributed by atoms with Crippen molar-refractivity contribution in [1.29, 1.82) is 0 Å². The van der Waals surface area contributed by atoms with E-state index < -0.39 is 26.8 Å². The molecule has 0 aromatic carbocycles. The first-order valence-corrected chi connectivity index (χ1v) is 6.18. The van der Waals surface area contributed by atoms with Crippen molar-refractivity contribution in [3.63, 3.8) is 0 Å². The van der Waals surface area contributed by atoms with Gasteiger partial charge in [-0.1, -0.05) is 6.92 Å². The SMILES string of the molecule is CCCC(=O)O.O=S(=O)(O)O.O=S(=O)(O)O. The summed E-state index contributed by atoms with van der Waals surface area (Å²) in [6.07, 6.45) is 1.02. The Labute approximate surface area is 92.1 Å². The van der Waals surface area contributed by atoms with E-state index in [9.17, 15) is 4.79 Å². The van der Waals surface area contributed by atoms with Crippen molar-refractivity contribution in [3.8, 4) is 0 Å². The number of aliphatic carboxylic acids is 1. The van der Waals surface area contributed by atoms with E-state index in [2.05, 4.69) is 0 Å². The minimum atomic E-state index is -4.67. The van der Waals surface area contributed by atoms with E-state index in [4.69, 9.17) is 40.2 Å². The molecule has 0 rings (SSSR count). The van der Waals surface area contributed by atoms with Gasteiger partial charge in [0.2, 0.25) is 0 Å². The molecule has 0 aliphatic rings. The molecule has 0 saturated carbocycles. The predicted octanol–water partition coefficient (Wildman–Crippen LogP) is -0.434.